The first-order chi connectivity index (χ1) is 42.1. The highest BCUT2D eigenvalue weighted by Gasteiger charge is 2.55. The van der Waals surface area contributed by atoms with Crippen molar-refractivity contribution in [3.05, 3.63) is 200 Å². The molecule has 4 saturated carbocycles. The predicted molar refractivity (Wildman–Crippen MR) is 332 cm³/mol. The van der Waals surface area contributed by atoms with E-state index in [0.29, 0.717) is 68.0 Å². The van der Waals surface area contributed by atoms with Crippen molar-refractivity contribution >= 4 is 101 Å². The van der Waals surface area contributed by atoms with Crippen LogP contribution in [0.4, 0.5) is 20.2 Å². The van der Waals surface area contributed by atoms with E-state index in [9.17, 15) is 36.0 Å². The van der Waals surface area contributed by atoms with Gasteiger partial charge in [0.05, 0.1) is 72.0 Å². The summed E-state index contributed by atoms with van der Waals surface area (Å²) in [4.78, 5) is 56.4. The minimum absolute atomic E-state index is 0.0612. The number of nitrogens with zero attached hydrogens (tertiary/aromatic N) is 4. The molecular weight excluding hydrogens is 1260 g/mol. The van der Waals surface area contributed by atoms with Crippen LogP contribution in [0.25, 0.3) is 0 Å². The number of nitrogens with two attached hydrogens (primary N) is 2. The molecule has 88 heavy (non-hydrogen) atoms. The van der Waals surface area contributed by atoms with E-state index >= 15 is 8.78 Å². The molecule has 4 N–H and O–H groups in total. The van der Waals surface area contributed by atoms with Crippen LogP contribution >= 0.6 is 46.4 Å². The standard InChI is InChI=1S/2C32H32Cl2FN3O5S/c2*33-22-12-10-20(11-13-22)30-31(21-4-3-5-23(34)16-21)43-28(17-29(36)39)32(40)38(30)27(19-8-9-19)18-37(44(41,42)24-14-15-24)26-7-2-1-6-25(26)35/h2*1-7,10-13,16,19,24,27-28,30-31H,8-9,14-15,17-18H2,(H2,36,39)/t27-,28+,30-,31-;27-,28-,30-,31-/m11/s1. The quantitative estimate of drug-likeness (QED) is 0.0655. The Balaban J connectivity index is 0.000000182. The van der Waals surface area contributed by atoms with Crippen LogP contribution in [0.15, 0.2) is 146 Å². The molecule has 0 unspecified atom stereocenters. The van der Waals surface area contributed by atoms with Gasteiger partial charge >= 0.3 is 0 Å². The van der Waals surface area contributed by atoms with E-state index in [4.69, 9.17) is 67.3 Å². The van der Waals surface area contributed by atoms with Crippen molar-refractivity contribution in [3.63, 3.8) is 0 Å². The SMILES string of the molecule is NC(=O)C[C@@H]1O[C@H](c2cccc(Cl)c2)[C@@H](c2ccc(Cl)cc2)N([C@H](CN(c2ccccc2F)S(=O)(=O)C2CC2)C2CC2)C1=O.NC(=O)C[C@H]1O[C@H](c2cccc(Cl)c2)[C@@H](c2ccc(Cl)cc2)N([C@H](CN(c2ccccc2F)S(=O)(=O)C2CC2)C2CC2)C1=O. The first-order valence-corrected chi connectivity index (χ1v) is 33.7. The largest absolute Gasteiger partial charge is 0.370 e. The summed E-state index contributed by atoms with van der Waals surface area (Å²) < 4.78 is 101. The summed E-state index contributed by atoms with van der Waals surface area (Å²) in [6, 6.07) is 36.8. The van der Waals surface area contributed by atoms with Gasteiger partial charge in [-0.25, -0.2) is 25.6 Å². The van der Waals surface area contributed by atoms with Gasteiger partial charge in [-0.05, 0) is 158 Å². The summed E-state index contributed by atoms with van der Waals surface area (Å²) >= 11 is 25.3. The van der Waals surface area contributed by atoms with Crippen LogP contribution in [-0.2, 0) is 48.7 Å². The van der Waals surface area contributed by atoms with Gasteiger partial charge in [0, 0.05) is 20.1 Å². The van der Waals surface area contributed by atoms with Crippen LogP contribution in [0.2, 0.25) is 20.1 Å². The fraction of sp³-hybridized carbons (Fsp3) is 0.375. The molecule has 2 saturated heterocycles. The van der Waals surface area contributed by atoms with Gasteiger partial charge in [0.2, 0.25) is 31.9 Å². The number of para-hydroxylation sites is 2. The van der Waals surface area contributed by atoms with Crippen molar-refractivity contribution in [1.29, 1.82) is 0 Å². The van der Waals surface area contributed by atoms with E-state index in [1.165, 1.54) is 36.4 Å². The number of halogens is 6. The number of ether oxygens (including phenoxy) is 2. The van der Waals surface area contributed by atoms with Crippen molar-refractivity contribution < 1.29 is 54.3 Å². The number of hydrogen-bond donors (Lipinski definition) is 2. The number of carbonyl (C=O) groups is 4. The third kappa shape index (κ3) is 14.0. The van der Waals surface area contributed by atoms with Crippen molar-refractivity contribution in [2.45, 2.75) is 123 Å². The minimum Gasteiger partial charge on any atom is -0.370 e. The number of amides is 4. The maximum Gasteiger partial charge on any atom is 0.253 e. The zero-order chi connectivity index (χ0) is 62.3. The van der Waals surface area contributed by atoms with Gasteiger partial charge in [0.25, 0.3) is 11.8 Å². The number of anilines is 2. The second kappa shape index (κ2) is 26.2. The third-order valence-corrected chi connectivity index (χ3v) is 22.4. The number of carbonyl (C=O) groups excluding carboxylic acids is 4. The van der Waals surface area contributed by atoms with Gasteiger partial charge in [-0.3, -0.25) is 27.8 Å². The third-order valence-electron chi connectivity index (χ3n) is 16.9. The molecule has 6 aromatic carbocycles. The fourth-order valence-corrected chi connectivity index (χ4v) is 16.5. The van der Waals surface area contributed by atoms with E-state index in [1.807, 2.05) is 12.1 Å². The van der Waals surface area contributed by atoms with Crippen LogP contribution in [0, 0.1) is 23.5 Å². The second-order valence-electron chi connectivity index (χ2n) is 23.3. The fourth-order valence-electron chi connectivity index (χ4n) is 12.1. The highest BCUT2D eigenvalue weighted by Crippen LogP contribution is 2.51. The van der Waals surface area contributed by atoms with E-state index in [-0.39, 0.29) is 49.1 Å². The van der Waals surface area contributed by atoms with Gasteiger partial charge in [-0.2, -0.15) is 0 Å². The van der Waals surface area contributed by atoms with Gasteiger partial charge < -0.3 is 30.7 Å². The number of sulfonamides is 2. The Bertz CT molecular complexity index is 3580. The van der Waals surface area contributed by atoms with Crippen LogP contribution in [-0.4, -0.2) is 98.1 Å². The summed E-state index contributed by atoms with van der Waals surface area (Å²) in [5, 5.41) is 0.669. The lowest BCUT2D eigenvalue weighted by Crippen LogP contribution is -2.59. The summed E-state index contributed by atoms with van der Waals surface area (Å²) in [5.74, 6) is -3.88. The van der Waals surface area contributed by atoms with Gasteiger partial charge in [-0.15, -0.1) is 0 Å². The molecule has 12 rings (SSSR count). The van der Waals surface area contributed by atoms with E-state index in [1.54, 1.807) is 107 Å². The summed E-state index contributed by atoms with van der Waals surface area (Å²) in [7, 11) is -7.87. The molecule has 4 amide bonds. The maximum absolute atomic E-state index is 15.3. The molecule has 0 bridgehead atoms. The van der Waals surface area contributed by atoms with Crippen LogP contribution in [0.1, 0.15) is 111 Å². The Morgan fingerprint density at radius 1 is 0.489 bits per heavy atom. The van der Waals surface area contributed by atoms with Gasteiger partial charge in [0.1, 0.15) is 36.1 Å². The second-order valence-corrected chi connectivity index (χ2v) is 29.3. The van der Waals surface area contributed by atoms with Crippen molar-refractivity contribution in [2.24, 2.45) is 23.3 Å². The molecule has 4 aliphatic carbocycles. The molecule has 6 aromatic rings. The Hall–Kier alpha value is -6.36. The Kier molecular flexibility index (Phi) is 18.8. The minimum atomic E-state index is -3.94. The van der Waals surface area contributed by atoms with Crippen molar-refractivity contribution in [2.75, 3.05) is 21.7 Å². The van der Waals surface area contributed by atoms with Crippen LogP contribution < -0.4 is 20.1 Å². The average molecular weight is 1320 g/mol. The number of rotatable bonds is 22. The lowest BCUT2D eigenvalue weighted by Gasteiger charge is -2.49. The highest BCUT2D eigenvalue weighted by molar-refractivity contribution is 7.94. The Morgan fingerprint density at radius 3 is 1.15 bits per heavy atom. The molecule has 0 aromatic heterocycles. The molecule has 0 spiro atoms. The van der Waals surface area contributed by atoms with E-state index in [2.05, 4.69) is 0 Å². The molecule has 2 heterocycles. The Morgan fingerprint density at radius 2 is 0.841 bits per heavy atom. The molecular formula is C64H64Cl4F2N6O10S2. The zero-order valence-corrected chi connectivity index (χ0v) is 52.0. The summed E-state index contributed by atoms with van der Waals surface area (Å²) in [5.41, 5.74) is 13.7. The normalized spacial score (nSPS) is 22.9. The number of primary amides is 2. The molecule has 6 fully saturated rings. The van der Waals surface area contributed by atoms with Crippen LogP contribution in [0.3, 0.4) is 0 Å². The van der Waals surface area contributed by atoms with E-state index < -0.39 is 114 Å². The molecule has 464 valence electrons. The first kappa shape index (κ1) is 63.2. The summed E-state index contributed by atoms with van der Waals surface area (Å²) in [6.07, 6.45) is 0.199. The van der Waals surface area contributed by atoms with Gasteiger partial charge in [-0.1, -0.05) is 119 Å². The molecule has 0 radical (unpaired) electrons. The smallest absolute Gasteiger partial charge is 0.253 e. The van der Waals surface area contributed by atoms with Gasteiger partial charge in [0.15, 0.2) is 0 Å². The number of morpholine rings is 2. The summed E-state index contributed by atoms with van der Waals surface area (Å²) in [6.45, 7) is -0.322. The topological polar surface area (TPSA) is 220 Å². The number of benzene rings is 6. The lowest BCUT2D eigenvalue weighted by molar-refractivity contribution is -0.181. The highest BCUT2D eigenvalue weighted by atomic mass is 35.5. The molecule has 6 aliphatic rings. The Labute approximate surface area is 530 Å². The van der Waals surface area contributed by atoms with Crippen molar-refractivity contribution in [3.8, 4) is 0 Å². The molecule has 2 aliphatic heterocycles. The van der Waals surface area contributed by atoms with E-state index in [0.717, 1.165) is 34.3 Å². The molecule has 16 nitrogen and oxygen atoms in total. The average Bonchev–Trinajstić information content (AvgIpc) is 1.80. The molecule has 8 atom stereocenters. The first-order valence-electron chi connectivity index (χ1n) is 29.1. The zero-order valence-electron chi connectivity index (χ0n) is 47.4. The molecule has 24 heteroatoms. The predicted octanol–water partition coefficient (Wildman–Crippen LogP) is 11.6. The monoisotopic (exact) mass is 1320 g/mol. The lowest BCUT2D eigenvalue weighted by atomic mass is 9.89. The van der Waals surface area contributed by atoms with Crippen LogP contribution in [0.5, 0.6) is 0 Å². The van der Waals surface area contributed by atoms with Crippen molar-refractivity contribution in [1.82, 2.24) is 9.80 Å². The maximum atomic E-state index is 15.3. The number of hydrogen-bond acceptors (Lipinski definition) is 10.